The van der Waals surface area contributed by atoms with Crippen LogP contribution >= 0.6 is 0 Å². The standard InChI is InChI=1S/C11H8FN7O5/c12-8-4-14-11(15-9(8)13)17-16-10(20)5-1-6(18(21)22)3-7(2-5)19(23)24/h1-4H,(H,16,20)(H3,13,14,15,17). The lowest BCUT2D eigenvalue weighted by Crippen LogP contribution is -2.30. The molecule has 0 aliphatic heterocycles. The molecule has 0 aliphatic rings. The van der Waals surface area contributed by atoms with Crippen molar-refractivity contribution in [1.29, 1.82) is 0 Å². The minimum absolute atomic E-state index is 0.248. The summed E-state index contributed by atoms with van der Waals surface area (Å²) in [5.41, 5.74) is 7.87. The van der Waals surface area contributed by atoms with Crippen LogP contribution in [0.2, 0.25) is 0 Å². The fraction of sp³-hybridized carbons (Fsp3) is 0. The number of hydrazine groups is 1. The maximum absolute atomic E-state index is 12.9. The number of nitro groups is 2. The summed E-state index contributed by atoms with van der Waals surface area (Å²) in [6.45, 7) is 0. The summed E-state index contributed by atoms with van der Waals surface area (Å²) < 4.78 is 12.9. The molecule has 1 aromatic carbocycles. The number of rotatable bonds is 5. The van der Waals surface area contributed by atoms with Crippen LogP contribution < -0.4 is 16.6 Å². The molecule has 1 amide bonds. The van der Waals surface area contributed by atoms with Gasteiger partial charge in [-0.1, -0.05) is 0 Å². The molecule has 13 heteroatoms. The summed E-state index contributed by atoms with van der Waals surface area (Å²) >= 11 is 0. The number of nitro benzene ring substituents is 2. The minimum atomic E-state index is -0.937. The molecule has 2 aromatic rings. The Morgan fingerprint density at radius 1 is 1.17 bits per heavy atom. The lowest BCUT2D eigenvalue weighted by Gasteiger charge is -2.07. The van der Waals surface area contributed by atoms with E-state index in [1.165, 1.54) is 0 Å². The number of anilines is 2. The summed E-state index contributed by atoms with van der Waals surface area (Å²) in [4.78, 5) is 38.7. The van der Waals surface area contributed by atoms with Gasteiger partial charge < -0.3 is 5.73 Å². The van der Waals surface area contributed by atoms with Crippen LogP contribution in [0.3, 0.4) is 0 Å². The first-order valence-electron chi connectivity index (χ1n) is 6.06. The number of hydrogen-bond acceptors (Lipinski definition) is 9. The highest BCUT2D eigenvalue weighted by Crippen LogP contribution is 2.22. The molecule has 4 N–H and O–H groups in total. The molecule has 1 heterocycles. The number of hydrogen-bond donors (Lipinski definition) is 3. The number of nitrogens with one attached hydrogen (secondary N) is 2. The van der Waals surface area contributed by atoms with E-state index in [9.17, 15) is 29.4 Å². The molecule has 0 bridgehead atoms. The number of aromatic nitrogens is 2. The normalized spacial score (nSPS) is 10.0. The first kappa shape index (κ1) is 16.5. The van der Waals surface area contributed by atoms with Gasteiger partial charge in [0.2, 0.25) is 5.95 Å². The van der Waals surface area contributed by atoms with Gasteiger partial charge in [-0.05, 0) is 0 Å². The van der Waals surface area contributed by atoms with Crippen LogP contribution in [0.4, 0.5) is 27.5 Å². The number of nitrogen functional groups attached to an aromatic ring is 1. The van der Waals surface area contributed by atoms with Gasteiger partial charge in [-0.2, -0.15) is 4.98 Å². The molecule has 0 aliphatic carbocycles. The molecule has 0 fully saturated rings. The predicted octanol–water partition coefficient (Wildman–Crippen LogP) is 0.771. The van der Waals surface area contributed by atoms with Gasteiger partial charge in [0.1, 0.15) is 0 Å². The SMILES string of the molecule is Nc1nc(NNC(=O)c2cc([N+](=O)[O-])cc([N+](=O)[O-])c2)ncc1F. The molecule has 0 saturated carbocycles. The van der Waals surface area contributed by atoms with E-state index in [1.54, 1.807) is 0 Å². The van der Waals surface area contributed by atoms with Crippen molar-refractivity contribution < 1.29 is 19.0 Å². The molecule has 1 aromatic heterocycles. The molecule has 0 atom stereocenters. The van der Waals surface area contributed by atoms with Gasteiger partial charge in [0.05, 0.1) is 27.7 Å². The maximum Gasteiger partial charge on any atom is 0.277 e. The smallest absolute Gasteiger partial charge is 0.277 e. The van der Waals surface area contributed by atoms with E-state index in [0.717, 1.165) is 18.3 Å². The van der Waals surface area contributed by atoms with E-state index >= 15 is 0 Å². The largest absolute Gasteiger partial charge is 0.381 e. The highest BCUT2D eigenvalue weighted by molar-refractivity contribution is 5.96. The molecule has 0 radical (unpaired) electrons. The fourth-order valence-corrected chi connectivity index (χ4v) is 1.56. The molecular formula is C11H8FN7O5. The second-order valence-corrected chi connectivity index (χ2v) is 4.26. The van der Waals surface area contributed by atoms with Crippen LogP contribution in [-0.4, -0.2) is 25.7 Å². The van der Waals surface area contributed by atoms with Gasteiger partial charge in [0, 0.05) is 12.1 Å². The second-order valence-electron chi connectivity index (χ2n) is 4.26. The van der Waals surface area contributed by atoms with Crippen LogP contribution in [0.5, 0.6) is 0 Å². The number of carbonyl (C=O) groups is 1. The molecular weight excluding hydrogens is 329 g/mol. The Bertz CT molecular complexity index is 811. The molecule has 0 saturated heterocycles. The molecule has 124 valence electrons. The molecule has 12 nitrogen and oxygen atoms in total. The summed E-state index contributed by atoms with van der Waals surface area (Å²) in [5, 5.41) is 21.5. The number of carbonyl (C=O) groups excluding carboxylic acids is 1. The van der Waals surface area contributed by atoms with E-state index in [0.29, 0.717) is 6.07 Å². The van der Waals surface area contributed by atoms with Crippen LogP contribution in [0.1, 0.15) is 10.4 Å². The van der Waals surface area contributed by atoms with Gasteiger partial charge in [-0.3, -0.25) is 35.9 Å². The van der Waals surface area contributed by atoms with Crippen LogP contribution in [-0.2, 0) is 0 Å². The third-order valence-corrected chi connectivity index (χ3v) is 2.65. The molecule has 0 unspecified atom stereocenters. The van der Waals surface area contributed by atoms with Crippen molar-refractivity contribution in [3.63, 3.8) is 0 Å². The Kier molecular flexibility index (Phi) is 4.44. The third-order valence-electron chi connectivity index (χ3n) is 2.65. The third kappa shape index (κ3) is 3.65. The van der Waals surface area contributed by atoms with E-state index in [4.69, 9.17) is 5.73 Å². The Hall–Kier alpha value is -3.90. The lowest BCUT2D eigenvalue weighted by molar-refractivity contribution is -0.394. The topological polar surface area (TPSA) is 179 Å². The van der Waals surface area contributed by atoms with Crippen LogP contribution in [0.15, 0.2) is 24.4 Å². The Labute approximate surface area is 131 Å². The van der Waals surface area contributed by atoms with Crippen molar-refractivity contribution in [2.75, 3.05) is 11.2 Å². The van der Waals surface area contributed by atoms with Gasteiger partial charge >= 0.3 is 0 Å². The first-order valence-corrected chi connectivity index (χ1v) is 6.06. The number of halogens is 1. The van der Waals surface area contributed by atoms with Crippen molar-refractivity contribution in [2.24, 2.45) is 0 Å². The lowest BCUT2D eigenvalue weighted by atomic mass is 10.1. The Balaban J connectivity index is 2.20. The van der Waals surface area contributed by atoms with Crippen LogP contribution in [0.25, 0.3) is 0 Å². The summed E-state index contributed by atoms with van der Waals surface area (Å²) in [5.74, 6) is -2.51. The van der Waals surface area contributed by atoms with Gasteiger partial charge in [-0.25, -0.2) is 9.37 Å². The summed E-state index contributed by atoms with van der Waals surface area (Å²) in [6.07, 6.45) is 0.759. The number of nitrogens with two attached hydrogens (primary N) is 1. The fourth-order valence-electron chi connectivity index (χ4n) is 1.56. The zero-order chi connectivity index (χ0) is 17.9. The average molecular weight is 337 g/mol. The Morgan fingerprint density at radius 3 is 2.25 bits per heavy atom. The highest BCUT2D eigenvalue weighted by Gasteiger charge is 2.20. The molecule has 2 rings (SSSR count). The Morgan fingerprint density at radius 2 is 1.75 bits per heavy atom. The minimum Gasteiger partial charge on any atom is -0.381 e. The van der Waals surface area contributed by atoms with Gasteiger partial charge in [0.25, 0.3) is 17.3 Å². The summed E-state index contributed by atoms with van der Waals surface area (Å²) in [6, 6.07) is 2.42. The number of benzene rings is 1. The summed E-state index contributed by atoms with van der Waals surface area (Å²) in [7, 11) is 0. The zero-order valence-electron chi connectivity index (χ0n) is 11.6. The van der Waals surface area contributed by atoms with E-state index in [2.05, 4.69) is 20.8 Å². The van der Waals surface area contributed by atoms with Crippen molar-refractivity contribution in [1.82, 2.24) is 15.4 Å². The predicted molar refractivity (Wildman–Crippen MR) is 77.2 cm³/mol. The average Bonchev–Trinajstić information content (AvgIpc) is 2.55. The molecule has 24 heavy (non-hydrogen) atoms. The van der Waals surface area contributed by atoms with Crippen molar-refractivity contribution in [3.8, 4) is 0 Å². The van der Waals surface area contributed by atoms with Gasteiger partial charge in [0.15, 0.2) is 11.6 Å². The van der Waals surface area contributed by atoms with Crippen molar-refractivity contribution in [3.05, 3.63) is 56.0 Å². The van der Waals surface area contributed by atoms with Crippen LogP contribution in [0, 0.1) is 26.0 Å². The number of amides is 1. The van der Waals surface area contributed by atoms with E-state index in [-0.39, 0.29) is 11.5 Å². The first-order chi connectivity index (χ1) is 11.3. The monoisotopic (exact) mass is 337 g/mol. The van der Waals surface area contributed by atoms with Gasteiger partial charge in [-0.15, -0.1) is 0 Å². The highest BCUT2D eigenvalue weighted by atomic mass is 19.1. The number of nitrogens with zero attached hydrogens (tertiary/aromatic N) is 4. The number of non-ortho nitro benzene ring substituents is 2. The van der Waals surface area contributed by atoms with Crippen molar-refractivity contribution in [2.45, 2.75) is 0 Å². The quantitative estimate of drug-likeness (QED) is 0.524. The maximum atomic E-state index is 12.9. The van der Waals surface area contributed by atoms with E-state index < -0.39 is 38.8 Å². The van der Waals surface area contributed by atoms with Crippen molar-refractivity contribution >= 4 is 29.0 Å². The van der Waals surface area contributed by atoms with E-state index in [1.807, 2.05) is 0 Å². The molecule has 0 spiro atoms. The second kappa shape index (κ2) is 6.47. The zero-order valence-corrected chi connectivity index (χ0v) is 11.6.